The van der Waals surface area contributed by atoms with Crippen molar-refractivity contribution in [2.24, 2.45) is 0 Å². The van der Waals surface area contributed by atoms with Crippen LogP contribution in [0, 0.1) is 6.92 Å². The lowest BCUT2D eigenvalue weighted by Gasteiger charge is -2.26. The molecule has 0 saturated carbocycles. The van der Waals surface area contributed by atoms with Crippen LogP contribution in [0.1, 0.15) is 38.3 Å². The average molecular weight is 286 g/mol. The van der Waals surface area contributed by atoms with Crippen molar-refractivity contribution < 1.29 is 4.79 Å². The number of fused-ring (bicyclic) bond motifs is 1. The molecule has 4 heteroatoms. The van der Waals surface area contributed by atoms with E-state index in [-0.39, 0.29) is 17.5 Å². The second-order valence-corrected chi connectivity index (χ2v) is 5.68. The van der Waals surface area contributed by atoms with Crippen LogP contribution < -0.4 is 5.56 Å². The number of nitrogens with zero attached hydrogens (tertiary/aromatic N) is 1. The summed E-state index contributed by atoms with van der Waals surface area (Å²) in [6.45, 7) is 8.14. The second-order valence-electron chi connectivity index (χ2n) is 5.68. The Labute approximate surface area is 124 Å². The van der Waals surface area contributed by atoms with Crippen molar-refractivity contribution in [1.82, 2.24) is 9.88 Å². The normalized spacial score (nSPS) is 11.1. The summed E-state index contributed by atoms with van der Waals surface area (Å²) in [6.07, 6.45) is 0.447. The molecule has 1 N–H and O–H groups in total. The van der Waals surface area contributed by atoms with Gasteiger partial charge in [0.1, 0.15) is 0 Å². The van der Waals surface area contributed by atoms with Crippen LogP contribution in [0.15, 0.2) is 29.1 Å². The Morgan fingerprint density at radius 1 is 1.29 bits per heavy atom. The Morgan fingerprint density at radius 2 is 2.00 bits per heavy atom. The van der Waals surface area contributed by atoms with Gasteiger partial charge in [0.15, 0.2) is 0 Å². The van der Waals surface area contributed by atoms with Crippen LogP contribution in [0.25, 0.3) is 10.9 Å². The summed E-state index contributed by atoms with van der Waals surface area (Å²) in [6, 6.07) is 7.88. The molecule has 0 aliphatic rings. The van der Waals surface area contributed by atoms with E-state index in [0.717, 1.165) is 16.5 Å². The van der Waals surface area contributed by atoms with Gasteiger partial charge in [0.05, 0.1) is 6.54 Å². The van der Waals surface area contributed by atoms with Crippen molar-refractivity contribution >= 4 is 16.8 Å². The molecule has 0 bridgehead atoms. The number of hydrogen-bond donors (Lipinski definition) is 1. The lowest BCUT2D eigenvalue weighted by atomic mass is 10.1. The summed E-state index contributed by atoms with van der Waals surface area (Å²) in [7, 11) is 0. The van der Waals surface area contributed by atoms with Crippen molar-refractivity contribution in [3.63, 3.8) is 0 Å². The SMILES string of the molecule is CCC(=O)N(Cc1cc2cc(C)ccc2[nH]c1=O)C(C)C. The standard InChI is InChI=1S/C17H22N2O2/c1-5-16(20)19(11(2)3)10-14-9-13-8-12(4)6-7-15(13)18-17(14)21/h6-9,11H,5,10H2,1-4H3,(H,18,21). The molecule has 1 amide bonds. The van der Waals surface area contributed by atoms with Crippen molar-refractivity contribution in [2.75, 3.05) is 0 Å². The fourth-order valence-corrected chi connectivity index (χ4v) is 2.43. The molecular formula is C17H22N2O2. The first kappa shape index (κ1) is 15.3. The van der Waals surface area contributed by atoms with E-state index in [1.54, 1.807) is 4.90 Å². The number of nitrogens with one attached hydrogen (secondary N) is 1. The van der Waals surface area contributed by atoms with Crippen molar-refractivity contribution in [3.8, 4) is 0 Å². The number of aromatic nitrogens is 1. The zero-order valence-corrected chi connectivity index (χ0v) is 13.1. The number of aromatic amines is 1. The first-order valence-corrected chi connectivity index (χ1v) is 7.34. The molecule has 1 aromatic carbocycles. The average Bonchev–Trinajstić information content (AvgIpc) is 2.44. The van der Waals surface area contributed by atoms with E-state index in [2.05, 4.69) is 4.98 Å². The van der Waals surface area contributed by atoms with Gasteiger partial charge in [0.25, 0.3) is 5.56 Å². The zero-order chi connectivity index (χ0) is 15.6. The third-order valence-corrected chi connectivity index (χ3v) is 3.66. The van der Waals surface area contributed by atoms with Gasteiger partial charge < -0.3 is 9.88 Å². The Balaban J connectivity index is 2.43. The van der Waals surface area contributed by atoms with Crippen molar-refractivity contribution in [1.29, 1.82) is 0 Å². The van der Waals surface area contributed by atoms with E-state index < -0.39 is 0 Å². The minimum Gasteiger partial charge on any atom is -0.336 e. The maximum atomic E-state index is 12.2. The Kier molecular flexibility index (Phi) is 4.46. The lowest BCUT2D eigenvalue weighted by molar-refractivity contribution is -0.133. The highest BCUT2D eigenvalue weighted by molar-refractivity contribution is 5.80. The molecule has 0 aliphatic heterocycles. The molecule has 0 radical (unpaired) electrons. The highest BCUT2D eigenvalue weighted by Crippen LogP contribution is 2.15. The van der Waals surface area contributed by atoms with Gasteiger partial charge >= 0.3 is 0 Å². The number of rotatable bonds is 4. The Morgan fingerprint density at radius 3 is 2.62 bits per heavy atom. The van der Waals surface area contributed by atoms with E-state index in [0.29, 0.717) is 18.5 Å². The van der Waals surface area contributed by atoms with Crippen molar-refractivity contribution in [3.05, 3.63) is 45.7 Å². The fourth-order valence-electron chi connectivity index (χ4n) is 2.43. The molecule has 0 aliphatic carbocycles. The highest BCUT2D eigenvalue weighted by Gasteiger charge is 2.17. The van der Waals surface area contributed by atoms with Gasteiger partial charge in [-0.2, -0.15) is 0 Å². The molecule has 1 heterocycles. The van der Waals surface area contributed by atoms with E-state index in [1.165, 1.54) is 0 Å². The van der Waals surface area contributed by atoms with Crippen LogP contribution in [0.4, 0.5) is 0 Å². The second kappa shape index (κ2) is 6.12. The molecular weight excluding hydrogens is 264 g/mol. The summed E-state index contributed by atoms with van der Waals surface area (Å²) in [5.41, 5.74) is 2.47. The predicted octanol–water partition coefficient (Wildman–Crippen LogP) is 2.98. The molecule has 0 atom stereocenters. The number of benzene rings is 1. The largest absolute Gasteiger partial charge is 0.336 e. The minimum absolute atomic E-state index is 0.0636. The molecule has 2 rings (SSSR count). The molecule has 0 spiro atoms. The third-order valence-electron chi connectivity index (χ3n) is 3.66. The molecule has 21 heavy (non-hydrogen) atoms. The Bertz CT molecular complexity index is 716. The molecule has 0 unspecified atom stereocenters. The predicted molar refractivity (Wildman–Crippen MR) is 85.3 cm³/mol. The first-order valence-electron chi connectivity index (χ1n) is 7.34. The van der Waals surface area contributed by atoms with Crippen LogP contribution >= 0.6 is 0 Å². The van der Waals surface area contributed by atoms with Gasteiger partial charge in [-0.3, -0.25) is 9.59 Å². The highest BCUT2D eigenvalue weighted by atomic mass is 16.2. The molecule has 0 fully saturated rings. The lowest BCUT2D eigenvalue weighted by Crippen LogP contribution is -2.37. The van der Waals surface area contributed by atoms with Crippen LogP contribution in [-0.2, 0) is 11.3 Å². The topological polar surface area (TPSA) is 53.2 Å². The number of H-pyrrole nitrogens is 1. The number of pyridine rings is 1. The van der Waals surface area contributed by atoms with Gasteiger partial charge in [-0.25, -0.2) is 0 Å². The summed E-state index contributed by atoms with van der Waals surface area (Å²) in [4.78, 5) is 28.8. The summed E-state index contributed by atoms with van der Waals surface area (Å²) >= 11 is 0. The van der Waals surface area contributed by atoms with E-state index >= 15 is 0 Å². The third kappa shape index (κ3) is 3.32. The number of carbonyl (C=O) groups excluding carboxylic acids is 1. The van der Waals surface area contributed by atoms with Crippen LogP contribution in [0.2, 0.25) is 0 Å². The monoisotopic (exact) mass is 286 g/mol. The van der Waals surface area contributed by atoms with E-state index in [9.17, 15) is 9.59 Å². The van der Waals surface area contributed by atoms with Crippen molar-refractivity contribution in [2.45, 2.75) is 46.7 Å². The zero-order valence-electron chi connectivity index (χ0n) is 13.1. The van der Waals surface area contributed by atoms with Gasteiger partial charge in [0, 0.05) is 23.5 Å². The number of amides is 1. The van der Waals surface area contributed by atoms with Gasteiger partial charge in [0.2, 0.25) is 5.91 Å². The van der Waals surface area contributed by atoms with Crippen LogP contribution in [0.5, 0.6) is 0 Å². The number of aryl methyl sites for hydroxylation is 1. The van der Waals surface area contributed by atoms with E-state index in [1.807, 2.05) is 52.0 Å². The smallest absolute Gasteiger partial charge is 0.253 e. The molecule has 1 aromatic heterocycles. The molecule has 112 valence electrons. The maximum absolute atomic E-state index is 12.2. The van der Waals surface area contributed by atoms with Gasteiger partial charge in [-0.05, 0) is 44.4 Å². The minimum atomic E-state index is -0.124. The Hall–Kier alpha value is -2.10. The first-order chi connectivity index (χ1) is 9.92. The van der Waals surface area contributed by atoms with Crippen LogP contribution in [-0.4, -0.2) is 21.8 Å². The van der Waals surface area contributed by atoms with Gasteiger partial charge in [-0.1, -0.05) is 18.6 Å². The quantitative estimate of drug-likeness (QED) is 0.939. The summed E-state index contributed by atoms with van der Waals surface area (Å²) in [5.74, 6) is 0.0636. The maximum Gasteiger partial charge on any atom is 0.253 e. The van der Waals surface area contributed by atoms with E-state index in [4.69, 9.17) is 0 Å². The molecule has 0 saturated heterocycles. The number of carbonyl (C=O) groups is 1. The molecule has 4 nitrogen and oxygen atoms in total. The van der Waals surface area contributed by atoms with Gasteiger partial charge in [-0.15, -0.1) is 0 Å². The number of hydrogen-bond acceptors (Lipinski definition) is 2. The summed E-state index contributed by atoms with van der Waals surface area (Å²) in [5, 5.41) is 0.997. The molecule has 2 aromatic rings. The van der Waals surface area contributed by atoms with Crippen LogP contribution in [0.3, 0.4) is 0 Å². The summed E-state index contributed by atoms with van der Waals surface area (Å²) < 4.78 is 0. The fraction of sp³-hybridized carbons (Fsp3) is 0.412.